The summed E-state index contributed by atoms with van der Waals surface area (Å²) in [6.07, 6.45) is 3.41. The monoisotopic (exact) mass is 277 g/mol. The number of anilines is 1. The van der Waals surface area contributed by atoms with Gasteiger partial charge in [0.1, 0.15) is 12.0 Å². The molecule has 20 heavy (non-hydrogen) atoms. The van der Waals surface area contributed by atoms with E-state index in [1.807, 2.05) is 24.9 Å². The number of hydrogen-bond donors (Lipinski definition) is 1. The molecule has 0 saturated carbocycles. The number of hydrogen-bond acceptors (Lipinski definition) is 5. The molecule has 0 fully saturated rings. The normalized spacial score (nSPS) is 11.2. The Balaban J connectivity index is 1.89. The van der Waals surface area contributed by atoms with Gasteiger partial charge < -0.3 is 19.1 Å². The minimum Gasteiger partial charge on any atom is -0.469 e. The van der Waals surface area contributed by atoms with Gasteiger partial charge in [-0.3, -0.25) is 0 Å². The van der Waals surface area contributed by atoms with Crippen molar-refractivity contribution >= 4 is 6.01 Å². The summed E-state index contributed by atoms with van der Waals surface area (Å²) in [6.45, 7) is 8.76. The van der Waals surface area contributed by atoms with E-state index in [2.05, 4.69) is 24.1 Å². The number of nitrogens with one attached hydrogen (secondary N) is 1. The molecule has 0 aliphatic carbocycles. The Morgan fingerprint density at radius 2 is 2.15 bits per heavy atom. The first-order valence-corrected chi connectivity index (χ1v) is 6.95. The molecular weight excluding hydrogens is 254 g/mol. The molecule has 0 amide bonds. The molecule has 0 spiro atoms. The molecule has 110 valence electrons. The van der Waals surface area contributed by atoms with Crippen molar-refractivity contribution in [2.75, 3.05) is 18.5 Å². The minimum absolute atomic E-state index is 0.631. The summed E-state index contributed by atoms with van der Waals surface area (Å²) in [6, 6.07) is 2.60. The van der Waals surface area contributed by atoms with Crippen LogP contribution in [0.25, 0.3) is 0 Å². The Hall–Kier alpha value is -1.75. The van der Waals surface area contributed by atoms with Crippen LogP contribution in [0.3, 0.4) is 0 Å². The molecule has 0 saturated heterocycles. The second-order valence-corrected chi connectivity index (χ2v) is 5.50. The number of nitrogens with zero attached hydrogens (tertiary/aromatic N) is 2. The highest BCUT2D eigenvalue weighted by atomic mass is 16.4. The van der Waals surface area contributed by atoms with Gasteiger partial charge in [0.05, 0.1) is 18.5 Å². The van der Waals surface area contributed by atoms with E-state index < -0.39 is 0 Å². The van der Waals surface area contributed by atoms with Gasteiger partial charge in [-0.1, -0.05) is 13.8 Å². The molecule has 0 aromatic carbocycles. The van der Waals surface area contributed by atoms with Crippen LogP contribution in [0.1, 0.15) is 30.9 Å². The molecule has 0 aliphatic rings. The zero-order chi connectivity index (χ0) is 14.5. The molecule has 5 nitrogen and oxygen atoms in total. The first-order valence-electron chi connectivity index (χ1n) is 6.95. The molecule has 2 heterocycles. The molecule has 2 aromatic heterocycles. The topological polar surface area (TPSA) is 54.4 Å². The smallest absolute Gasteiger partial charge is 0.297 e. The largest absolute Gasteiger partial charge is 0.469 e. The fraction of sp³-hybridized carbons (Fsp3) is 0.533. The minimum atomic E-state index is 0.631. The standard InChI is InChI=1S/C15H23N3O2/c1-11(2)7-16-8-14-10-20-15(17-14)18(4)9-13-5-6-19-12(13)3/h5-6,10-11,16H,7-9H2,1-4H3. The van der Waals surface area contributed by atoms with Gasteiger partial charge in [0.2, 0.25) is 0 Å². The summed E-state index contributed by atoms with van der Waals surface area (Å²) in [5.74, 6) is 1.57. The fourth-order valence-corrected chi connectivity index (χ4v) is 1.94. The van der Waals surface area contributed by atoms with Crippen molar-refractivity contribution in [1.82, 2.24) is 10.3 Å². The number of rotatable bonds is 7. The van der Waals surface area contributed by atoms with Crippen molar-refractivity contribution in [3.63, 3.8) is 0 Å². The van der Waals surface area contributed by atoms with Crippen molar-refractivity contribution in [2.45, 2.75) is 33.9 Å². The van der Waals surface area contributed by atoms with Gasteiger partial charge >= 0.3 is 0 Å². The van der Waals surface area contributed by atoms with Crippen molar-refractivity contribution in [1.29, 1.82) is 0 Å². The highest BCUT2D eigenvalue weighted by molar-refractivity contribution is 5.29. The van der Waals surface area contributed by atoms with E-state index in [1.54, 1.807) is 12.5 Å². The second kappa shape index (κ2) is 6.61. The van der Waals surface area contributed by atoms with Crippen LogP contribution in [0.2, 0.25) is 0 Å². The van der Waals surface area contributed by atoms with Crippen LogP contribution in [0.4, 0.5) is 6.01 Å². The molecule has 0 bridgehead atoms. The van der Waals surface area contributed by atoms with Crippen LogP contribution in [-0.4, -0.2) is 18.6 Å². The first kappa shape index (κ1) is 14.7. The number of oxazole rings is 1. The van der Waals surface area contributed by atoms with Gasteiger partial charge in [-0.25, -0.2) is 0 Å². The average molecular weight is 277 g/mol. The summed E-state index contributed by atoms with van der Waals surface area (Å²) >= 11 is 0. The Morgan fingerprint density at radius 1 is 1.35 bits per heavy atom. The molecule has 0 radical (unpaired) electrons. The van der Waals surface area contributed by atoms with E-state index >= 15 is 0 Å². The molecule has 0 unspecified atom stereocenters. The highest BCUT2D eigenvalue weighted by Gasteiger charge is 2.11. The lowest BCUT2D eigenvalue weighted by atomic mass is 10.2. The lowest BCUT2D eigenvalue weighted by Crippen LogP contribution is -2.20. The predicted molar refractivity (Wildman–Crippen MR) is 78.6 cm³/mol. The van der Waals surface area contributed by atoms with Gasteiger partial charge in [-0.15, -0.1) is 0 Å². The highest BCUT2D eigenvalue weighted by Crippen LogP contribution is 2.17. The zero-order valence-electron chi connectivity index (χ0n) is 12.6. The maximum atomic E-state index is 5.52. The van der Waals surface area contributed by atoms with Crippen molar-refractivity contribution in [3.8, 4) is 0 Å². The third-order valence-corrected chi connectivity index (χ3v) is 3.10. The summed E-state index contributed by atoms with van der Waals surface area (Å²) in [5.41, 5.74) is 2.07. The summed E-state index contributed by atoms with van der Waals surface area (Å²) in [7, 11) is 1.96. The van der Waals surface area contributed by atoms with Gasteiger partial charge in [0.15, 0.2) is 0 Å². The summed E-state index contributed by atoms with van der Waals surface area (Å²) in [4.78, 5) is 6.46. The maximum absolute atomic E-state index is 5.52. The quantitative estimate of drug-likeness (QED) is 0.843. The second-order valence-electron chi connectivity index (χ2n) is 5.50. The Morgan fingerprint density at radius 3 is 2.80 bits per heavy atom. The number of aryl methyl sites for hydroxylation is 1. The van der Waals surface area contributed by atoms with E-state index in [0.717, 1.165) is 36.7 Å². The molecule has 1 N–H and O–H groups in total. The predicted octanol–water partition coefficient (Wildman–Crippen LogP) is 2.96. The van der Waals surface area contributed by atoms with Crippen molar-refractivity contribution in [2.24, 2.45) is 5.92 Å². The van der Waals surface area contributed by atoms with Crippen LogP contribution in [-0.2, 0) is 13.1 Å². The lowest BCUT2D eigenvalue weighted by Gasteiger charge is -2.13. The van der Waals surface area contributed by atoms with Gasteiger partial charge in [-0.05, 0) is 25.5 Å². The first-order chi connectivity index (χ1) is 9.56. The van der Waals surface area contributed by atoms with E-state index in [9.17, 15) is 0 Å². The average Bonchev–Trinajstić information content (AvgIpc) is 2.99. The molecule has 0 aliphatic heterocycles. The summed E-state index contributed by atoms with van der Waals surface area (Å²) in [5, 5.41) is 3.35. The van der Waals surface area contributed by atoms with Crippen LogP contribution >= 0.6 is 0 Å². The fourth-order valence-electron chi connectivity index (χ4n) is 1.94. The van der Waals surface area contributed by atoms with Gasteiger partial charge in [0, 0.05) is 19.2 Å². The van der Waals surface area contributed by atoms with Crippen molar-refractivity contribution in [3.05, 3.63) is 35.6 Å². The SMILES string of the molecule is Cc1occc1CN(C)c1nc(CNCC(C)C)co1. The molecule has 5 heteroatoms. The number of aromatic nitrogens is 1. The molecule has 2 aromatic rings. The third kappa shape index (κ3) is 3.87. The van der Waals surface area contributed by atoms with Gasteiger partial charge in [-0.2, -0.15) is 4.98 Å². The van der Waals surface area contributed by atoms with Gasteiger partial charge in [0.25, 0.3) is 6.01 Å². The van der Waals surface area contributed by atoms with E-state index in [0.29, 0.717) is 11.9 Å². The number of furan rings is 1. The lowest BCUT2D eigenvalue weighted by molar-refractivity contribution is 0.523. The molecule has 2 rings (SSSR count). The zero-order valence-corrected chi connectivity index (χ0v) is 12.6. The maximum Gasteiger partial charge on any atom is 0.297 e. The van der Waals surface area contributed by atoms with Crippen molar-refractivity contribution < 1.29 is 8.83 Å². The molecule has 0 atom stereocenters. The molecular formula is C15H23N3O2. The third-order valence-electron chi connectivity index (χ3n) is 3.10. The van der Waals surface area contributed by atoms with Crippen LogP contribution in [0, 0.1) is 12.8 Å². The van der Waals surface area contributed by atoms with E-state index in [1.165, 1.54) is 0 Å². The summed E-state index contributed by atoms with van der Waals surface area (Å²) < 4.78 is 10.8. The van der Waals surface area contributed by atoms with Crippen LogP contribution < -0.4 is 10.2 Å². The van der Waals surface area contributed by atoms with Crippen LogP contribution in [0.5, 0.6) is 0 Å². The Bertz CT molecular complexity index is 531. The Labute approximate surface area is 120 Å². The Kier molecular flexibility index (Phi) is 4.84. The van der Waals surface area contributed by atoms with E-state index in [4.69, 9.17) is 8.83 Å². The van der Waals surface area contributed by atoms with Crippen LogP contribution in [0.15, 0.2) is 27.4 Å². The van der Waals surface area contributed by atoms with E-state index in [-0.39, 0.29) is 0 Å².